The maximum atomic E-state index is 13.3. The van der Waals surface area contributed by atoms with Gasteiger partial charge in [-0.05, 0) is 51.0 Å². The quantitative estimate of drug-likeness (QED) is 0.593. The molecule has 0 spiro atoms. The van der Waals surface area contributed by atoms with Crippen molar-refractivity contribution in [1.29, 1.82) is 5.26 Å². The Labute approximate surface area is 197 Å². The largest absolute Gasteiger partial charge is 0.343 e. The number of anilines is 1. The van der Waals surface area contributed by atoms with Gasteiger partial charge in [0.15, 0.2) is 9.84 Å². The van der Waals surface area contributed by atoms with Crippen LogP contribution in [0.2, 0.25) is 5.15 Å². The Morgan fingerprint density at radius 3 is 2.76 bits per heavy atom. The summed E-state index contributed by atoms with van der Waals surface area (Å²) in [6, 6.07) is 6.71. The highest BCUT2D eigenvalue weighted by atomic mass is 35.5. The molecular formula is C22H25ClN6O3S. The van der Waals surface area contributed by atoms with Crippen molar-refractivity contribution in [1.82, 2.24) is 20.1 Å². The van der Waals surface area contributed by atoms with E-state index in [1.165, 1.54) is 0 Å². The van der Waals surface area contributed by atoms with Gasteiger partial charge in [0.2, 0.25) is 5.91 Å². The second kappa shape index (κ2) is 7.99. The molecule has 3 heterocycles. The predicted molar refractivity (Wildman–Crippen MR) is 123 cm³/mol. The van der Waals surface area contributed by atoms with Crippen molar-refractivity contribution in [3.8, 4) is 11.8 Å². The molecule has 0 aromatic carbocycles. The summed E-state index contributed by atoms with van der Waals surface area (Å²) in [6.07, 6.45) is 4.86. The summed E-state index contributed by atoms with van der Waals surface area (Å²) in [5, 5.41) is 16.5. The smallest absolute Gasteiger partial charge is 0.244 e. The van der Waals surface area contributed by atoms with Crippen LogP contribution in [-0.4, -0.2) is 58.2 Å². The number of halogens is 1. The lowest BCUT2D eigenvalue weighted by Gasteiger charge is -2.27. The number of rotatable bonds is 7. The van der Waals surface area contributed by atoms with Crippen LogP contribution in [0.5, 0.6) is 0 Å². The molecule has 1 amide bonds. The number of sulfone groups is 1. The van der Waals surface area contributed by atoms with Crippen LogP contribution >= 0.6 is 11.6 Å². The molecule has 2 aromatic rings. The van der Waals surface area contributed by atoms with E-state index in [0.717, 1.165) is 18.5 Å². The first-order chi connectivity index (χ1) is 15.7. The minimum Gasteiger partial charge on any atom is -0.343 e. The predicted octanol–water partition coefficient (Wildman–Crippen LogP) is 2.17. The average molecular weight is 489 g/mol. The van der Waals surface area contributed by atoms with E-state index < -0.39 is 26.7 Å². The lowest BCUT2D eigenvalue weighted by Crippen LogP contribution is -2.48. The van der Waals surface area contributed by atoms with Crippen molar-refractivity contribution in [3.05, 3.63) is 35.2 Å². The molecule has 5 rings (SSSR count). The molecule has 1 saturated heterocycles. The molecule has 3 aliphatic rings. The molecule has 33 heavy (non-hydrogen) atoms. The topological polar surface area (TPSA) is 121 Å². The van der Waals surface area contributed by atoms with Crippen LogP contribution in [0.4, 0.5) is 5.82 Å². The Hall–Kier alpha value is -2.64. The highest BCUT2D eigenvalue weighted by Gasteiger charge is 2.50. The van der Waals surface area contributed by atoms with Gasteiger partial charge in [-0.3, -0.25) is 4.79 Å². The van der Waals surface area contributed by atoms with Gasteiger partial charge in [0, 0.05) is 24.9 Å². The number of pyridine rings is 1. The van der Waals surface area contributed by atoms with Gasteiger partial charge in [0.05, 0.1) is 28.5 Å². The molecule has 2 aromatic heterocycles. The summed E-state index contributed by atoms with van der Waals surface area (Å²) >= 11 is 6.09. The summed E-state index contributed by atoms with van der Waals surface area (Å²) in [5.41, 5.74) is 0.553. The van der Waals surface area contributed by atoms with E-state index in [-0.39, 0.29) is 30.5 Å². The first kappa shape index (κ1) is 22.2. The van der Waals surface area contributed by atoms with E-state index in [1.54, 1.807) is 23.0 Å². The summed E-state index contributed by atoms with van der Waals surface area (Å²) in [5.74, 6) is 0.689. The Morgan fingerprint density at radius 1 is 1.36 bits per heavy atom. The number of aryl methyl sites for hydroxylation is 1. The third-order valence-corrected chi connectivity index (χ3v) is 9.13. The van der Waals surface area contributed by atoms with Crippen molar-refractivity contribution in [3.63, 3.8) is 0 Å². The van der Waals surface area contributed by atoms with E-state index >= 15 is 0 Å². The van der Waals surface area contributed by atoms with E-state index in [1.807, 2.05) is 17.9 Å². The van der Waals surface area contributed by atoms with Crippen molar-refractivity contribution >= 4 is 33.2 Å². The second-order valence-corrected chi connectivity index (χ2v) is 12.1. The molecule has 1 N–H and O–H groups in total. The van der Waals surface area contributed by atoms with Gasteiger partial charge in [-0.15, -0.1) is 0 Å². The molecule has 0 radical (unpaired) electrons. The van der Waals surface area contributed by atoms with Gasteiger partial charge in [0.25, 0.3) is 0 Å². The first-order valence-electron chi connectivity index (χ1n) is 11.1. The highest BCUT2D eigenvalue weighted by molar-refractivity contribution is 7.92. The Bertz CT molecular complexity index is 1250. The molecule has 1 aliphatic heterocycles. The highest BCUT2D eigenvalue weighted by Crippen LogP contribution is 2.38. The molecule has 2 atom stereocenters. The maximum Gasteiger partial charge on any atom is 0.244 e. The number of amides is 1. The van der Waals surface area contributed by atoms with Gasteiger partial charge in [-0.2, -0.15) is 10.4 Å². The normalized spacial score (nSPS) is 23.8. The molecule has 9 nitrogen and oxygen atoms in total. The molecule has 0 bridgehead atoms. The number of hydrogen-bond acceptors (Lipinski definition) is 7. The lowest BCUT2D eigenvalue weighted by atomic mass is 10.1. The SMILES string of the molecule is Cc1cc(N2C[C@H](S(=O)(=O)CC3CC3)C[C@H]2C(=O)NC2(C#N)CC2)n(-c2ccnc(Cl)c2)n1. The molecule has 11 heteroatoms. The van der Waals surface area contributed by atoms with Gasteiger partial charge >= 0.3 is 0 Å². The number of nitrogens with one attached hydrogen (secondary N) is 1. The molecule has 2 saturated carbocycles. The van der Waals surface area contributed by atoms with E-state index in [9.17, 15) is 18.5 Å². The summed E-state index contributed by atoms with van der Waals surface area (Å²) < 4.78 is 27.9. The fourth-order valence-corrected chi connectivity index (χ4v) is 6.72. The monoisotopic (exact) mass is 488 g/mol. The van der Waals surface area contributed by atoms with Crippen molar-refractivity contribution in [2.24, 2.45) is 5.92 Å². The van der Waals surface area contributed by atoms with Crippen molar-refractivity contribution < 1.29 is 13.2 Å². The summed E-state index contributed by atoms with van der Waals surface area (Å²) in [7, 11) is -3.36. The van der Waals surface area contributed by atoms with Crippen LogP contribution in [-0.2, 0) is 14.6 Å². The van der Waals surface area contributed by atoms with Crippen LogP contribution < -0.4 is 10.2 Å². The number of hydrogen-bond donors (Lipinski definition) is 1. The van der Waals surface area contributed by atoms with Gasteiger partial charge in [-0.1, -0.05) is 11.6 Å². The van der Waals surface area contributed by atoms with Gasteiger partial charge in [0.1, 0.15) is 22.6 Å². The van der Waals surface area contributed by atoms with Gasteiger partial charge < -0.3 is 10.2 Å². The number of nitrogens with zero attached hydrogens (tertiary/aromatic N) is 5. The molecule has 0 unspecified atom stereocenters. The van der Waals surface area contributed by atoms with E-state index in [0.29, 0.717) is 29.5 Å². The minimum absolute atomic E-state index is 0.167. The average Bonchev–Trinajstić information content (AvgIpc) is 3.65. The Balaban J connectivity index is 1.50. The number of aromatic nitrogens is 3. The molecule has 3 fully saturated rings. The third kappa shape index (κ3) is 4.44. The Morgan fingerprint density at radius 2 is 2.12 bits per heavy atom. The third-order valence-electron chi connectivity index (χ3n) is 6.63. The molecule has 2 aliphatic carbocycles. The lowest BCUT2D eigenvalue weighted by molar-refractivity contribution is -0.122. The van der Waals surface area contributed by atoms with E-state index in [2.05, 4.69) is 21.5 Å². The maximum absolute atomic E-state index is 13.3. The minimum atomic E-state index is -3.36. The standard InChI is InChI=1S/C22H25ClN6O3S/c1-14-8-20(29(27-14)16-4-7-25-19(23)9-16)28-11-17(33(31,32)12-15-2-3-15)10-18(28)21(30)26-22(13-24)5-6-22/h4,7-9,15,17-18H,2-3,5-6,10-12H2,1H3,(H,26,30)/t17-,18+/m1/s1. The summed E-state index contributed by atoms with van der Waals surface area (Å²) in [4.78, 5) is 19.1. The van der Waals surface area contributed by atoms with E-state index in [4.69, 9.17) is 11.6 Å². The van der Waals surface area contributed by atoms with Crippen LogP contribution in [0.1, 0.15) is 37.8 Å². The van der Waals surface area contributed by atoms with Crippen molar-refractivity contribution in [2.45, 2.75) is 55.9 Å². The number of carbonyl (C=O) groups excluding carboxylic acids is 1. The van der Waals surface area contributed by atoms with Crippen molar-refractivity contribution in [2.75, 3.05) is 17.2 Å². The fourth-order valence-electron chi connectivity index (χ4n) is 4.42. The zero-order valence-electron chi connectivity index (χ0n) is 18.2. The number of carbonyl (C=O) groups is 1. The zero-order chi connectivity index (χ0) is 23.4. The summed E-state index contributed by atoms with van der Waals surface area (Å²) in [6.45, 7) is 2.03. The molecule has 174 valence electrons. The zero-order valence-corrected chi connectivity index (χ0v) is 19.8. The van der Waals surface area contributed by atoms with Gasteiger partial charge in [-0.25, -0.2) is 18.1 Å². The van der Waals surface area contributed by atoms with Crippen LogP contribution in [0.15, 0.2) is 24.4 Å². The Kier molecular flexibility index (Phi) is 5.37. The second-order valence-electron chi connectivity index (χ2n) is 9.37. The molecular weight excluding hydrogens is 464 g/mol. The first-order valence-corrected chi connectivity index (χ1v) is 13.2. The van der Waals surface area contributed by atoms with Crippen LogP contribution in [0.3, 0.4) is 0 Å². The number of nitriles is 1. The van der Waals surface area contributed by atoms with Crippen LogP contribution in [0, 0.1) is 24.2 Å². The fraction of sp³-hybridized carbons (Fsp3) is 0.545. The van der Waals surface area contributed by atoms with Crippen LogP contribution in [0.25, 0.3) is 5.69 Å².